The van der Waals surface area contributed by atoms with E-state index in [9.17, 15) is 0 Å². The van der Waals surface area contributed by atoms with E-state index in [4.69, 9.17) is 4.42 Å². The highest BCUT2D eigenvalue weighted by Crippen LogP contribution is 2.52. The normalized spacial score (nSPS) is 12.9. The molecule has 0 aliphatic heterocycles. The Labute approximate surface area is 332 Å². The van der Waals surface area contributed by atoms with Crippen molar-refractivity contribution in [3.63, 3.8) is 0 Å². The van der Waals surface area contributed by atoms with Crippen molar-refractivity contribution >= 4 is 49.8 Å². The summed E-state index contributed by atoms with van der Waals surface area (Å²) in [6.45, 7) is 4.70. The number of benzene rings is 9. The summed E-state index contributed by atoms with van der Waals surface area (Å²) in [6, 6.07) is 72.5. The molecule has 0 fully saturated rings. The summed E-state index contributed by atoms with van der Waals surface area (Å²) in [7, 11) is 0. The zero-order valence-corrected chi connectivity index (χ0v) is 31.9. The van der Waals surface area contributed by atoms with Crippen LogP contribution in [-0.2, 0) is 5.41 Å². The molecule has 2 nitrogen and oxygen atoms in total. The van der Waals surface area contributed by atoms with Gasteiger partial charge in [-0.25, -0.2) is 0 Å². The molecule has 0 saturated heterocycles. The zero-order valence-electron chi connectivity index (χ0n) is 31.9. The van der Waals surface area contributed by atoms with E-state index in [1.54, 1.807) is 0 Å². The molecule has 0 radical (unpaired) electrons. The van der Waals surface area contributed by atoms with E-state index in [2.05, 4.69) is 219 Å². The summed E-state index contributed by atoms with van der Waals surface area (Å²) < 4.78 is 6.88. The molecular weight excluding hydrogens is 691 g/mol. The Bertz CT molecular complexity index is 3140. The first-order valence-corrected chi connectivity index (χ1v) is 19.8. The van der Waals surface area contributed by atoms with Crippen LogP contribution in [-0.4, -0.2) is 0 Å². The van der Waals surface area contributed by atoms with Crippen LogP contribution in [0.2, 0.25) is 0 Å². The molecule has 0 saturated carbocycles. The minimum atomic E-state index is -0.138. The first kappa shape index (κ1) is 33.2. The van der Waals surface area contributed by atoms with E-state index in [1.165, 1.54) is 55.3 Å². The minimum absolute atomic E-state index is 0.138. The van der Waals surface area contributed by atoms with Gasteiger partial charge in [0.05, 0.1) is 5.69 Å². The maximum absolute atomic E-state index is 6.88. The molecule has 10 aromatic rings. The number of furan rings is 1. The Morgan fingerprint density at radius 2 is 0.930 bits per heavy atom. The number of para-hydroxylation sites is 1. The van der Waals surface area contributed by atoms with Crippen LogP contribution in [0.15, 0.2) is 205 Å². The van der Waals surface area contributed by atoms with Gasteiger partial charge in [-0.2, -0.15) is 0 Å². The fourth-order valence-electron chi connectivity index (χ4n) is 9.27. The molecule has 0 bridgehead atoms. The van der Waals surface area contributed by atoms with Gasteiger partial charge in [-0.15, -0.1) is 0 Å². The minimum Gasteiger partial charge on any atom is -0.456 e. The summed E-state index contributed by atoms with van der Waals surface area (Å²) in [6.07, 6.45) is 0. The molecule has 1 aromatic heterocycles. The van der Waals surface area contributed by atoms with Gasteiger partial charge in [0.2, 0.25) is 0 Å². The van der Waals surface area contributed by atoms with E-state index < -0.39 is 0 Å². The van der Waals surface area contributed by atoms with Crippen LogP contribution in [0.3, 0.4) is 0 Å². The Hall–Kier alpha value is -7.16. The highest BCUT2D eigenvalue weighted by molar-refractivity contribution is 6.22. The number of hydrogen-bond donors (Lipinski definition) is 0. The summed E-state index contributed by atoms with van der Waals surface area (Å²) >= 11 is 0. The smallest absolute Gasteiger partial charge is 0.137 e. The van der Waals surface area contributed by atoms with Crippen molar-refractivity contribution in [1.29, 1.82) is 0 Å². The van der Waals surface area contributed by atoms with Crippen molar-refractivity contribution in [2.75, 3.05) is 4.90 Å². The first-order chi connectivity index (χ1) is 28.0. The van der Waals surface area contributed by atoms with Gasteiger partial charge in [0.15, 0.2) is 0 Å². The van der Waals surface area contributed by atoms with Crippen molar-refractivity contribution < 1.29 is 4.42 Å². The van der Waals surface area contributed by atoms with Gasteiger partial charge in [0.25, 0.3) is 0 Å². The SMILES string of the molecule is CC1(C)c2ccccc2-c2ccc(N(c3ccc4c(c3)oc3cc(-c5ccccc5)c5ccccc5c34)c3ccccc3-c3ccc(-c4ccccc4)cc3)cc21. The molecule has 1 heterocycles. The predicted octanol–water partition coefficient (Wildman–Crippen LogP) is 15.5. The van der Waals surface area contributed by atoms with Crippen molar-refractivity contribution in [1.82, 2.24) is 0 Å². The predicted molar refractivity (Wildman–Crippen MR) is 240 cm³/mol. The van der Waals surface area contributed by atoms with Gasteiger partial charge < -0.3 is 9.32 Å². The topological polar surface area (TPSA) is 16.4 Å². The van der Waals surface area contributed by atoms with E-state index in [0.29, 0.717) is 0 Å². The molecule has 1 aliphatic rings. The van der Waals surface area contributed by atoms with Crippen molar-refractivity contribution in [3.8, 4) is 44.5 Å². The average Bonchev–Trinajstić information content (AvgIpc) is 3.75. The molecule has 2 heteroatoms. The zero-order chi connectivity index (χ0) is 38.1. The lowest BCUT2D eigenvalue weighted by Crippen LogP contribution is -2.16. The maximum atomic E-state index is 6.88. The first-order valence-electron chi connectivity index (χ1n) is 19.8. The molecule has 1 aliphatic carbocycles. The van der Waals surface area contributed by atoms with E-state index in [0.717, 1.165) is 50.1 Å². The maximum Gasteiger partial charge on any atom is 0.137 e. The molecule has 0 spiro atoms. The highest BCUT2D eigenvalue weighted by Gasteiger charge is 2.36. The second kappa shape index (κ2) is 13.0. The molecule has 57 heavy (non-hydrogen) atoms. The molecule has 0 amide bonds. The van der Waals surface area contributed by atoms with E-state index in [-0.39, 0.29) is 5.41 Å². The standard InChI is InChI=1S/C55H39NO/c1-55(2)49-23-13-11-21-44(49)45-31-29-40(33-50(45)55)56(51-24-14-12-19-42(51)39-27-25-37(26-28-39)36-15-5-3-6-16-36)41-30-32-47-52(34-41)57-53-35-48(38-17-7-4-8-18-38)43-20-9-10-22-46(43)54(47)53/h3-35H,1-2H3. The van der Waals surface area contributed by atoms with Crippen LogP contribution in [0.1, 0.15) is 25.0 Å². The molecule has 11 rings (SSSR count). The van der Waals surface area contributed by atoms with Crippen molar-refractivity contribution in [3.05, 3.63) is 211 Å². The number of hydrogen-bond acceptors (Lipinski definition) is 2. The van der Waals surface area contributed by atoms with Gasteiger partial charge in [0.1, 0.15) is 11.2 Å². The monoisotopic (exact) mass is 729 g/mol. The molecule has 270 valence electrons. The third-order valence-electron chi connectivity index (χ3n) is 12.1. The number of rotatable bonds is 6. The van der Waals surface area contributed by atoms with Crippen LogP contribution < -0.4 is 4.90 Å². The highest BCUT2D eigenvalue weighted by atomic mass is 16.3. The Morgan fingerprint density at radius 1 is 0.368 bits per heavy atom. The second-order valence-electron chi connectivity index (χ2n) is 15.7. The molecule has 0 atom stereocenters. The third-order valence-corrected chi connectivity index (χ3v) is 12.1. The van der Waals surface area contributed by atoms with Crippen LogP contribution in [0, 0.1) is 0 Å². The second-order valence-corrected chi connectivity index (χ2v) is 15.7. The van der Waals surface area contributed by atoms with Crippen LogP contribution in [0.5, 0.6) is 0 Å². The van der Waals surface area contributed by atoms with Gasteiger partial charge in [-0.1, -0.05) is 172 Å². The Morgan fingerprint density at radius 3 is 1.72 bits per heavy atom. The number of fused-ring (bicyclic) bond motifs is 8. The lowest BCUT2D eigenvalue weighted by molar-refractivity contribution is 0.660. The fraction of sp³-hybridized carbons (Fsp3) is 0.0545. The average molecular weight is 730 g/mol. The summed E-state index contributed by atoms with van der Waals surface area (Å²) in [4.78, 5) is 2.42. The lowest BCUT2D eigenvalue weighted by Gasteiger charge is -2.29. The van der Waals surface area contributed by atoms with Crippen LogP contribution >= 0.6 is 0 Å². The van der Waals surface area contributed by atoms with Gasteiger partial charge >= 0.3 is 0 Å². The van der Waals surface area contributed by atoms with Crippen molar-refractivity contribution in [2.24, 2.45) is 0 Å². The van der Waals surface area contributed by atoms with Gasteiger partial charge in [0, 0.05) is 39.2 Å². The van der Waals surface area contributed by atoms with E-state index >= 15 is 0 Å². The molecular formula is C55H39NO. The number of nitrogens with zero attached hydrogens (tertiary/aromatic N) is 1. The quantitative estimate of drug-likeness (QED) is 0.169. The molecule has 0 unspecified atom stereocenters. The van der Waals surface area contributed by atoms with Gasteiger partial charge in [-0.3, -0.25) is 0 Å². The fourth-order valence-corrected chi connectivity index (χ4v) is 9.27. The van der Waals surface area contributed by atoms with Crippen LogP contribution in [0.4, 0.5) is 17.1 Å². The van der Waals surface area contributed by atoms with Crippen molar-refractivity contribution in [2.45, 2.75) is 19.3 Å². The largest absolute Gasteiger partial charge is 0.456 e. The summed E-state index contributed by atoms with van der Waals surface area (Å²) in [5, 5.41) is 4.68. The molecule has 9 aromatic carbocycles. The lowest BCUT2D eigenvalue weighted by atomic mass is 9.82. The molecule has 0 N–H and O–H groups in total. The van der Waals surface area contributed by atoms with Crippen LogP contribution in [0.25, 0.3) is 77.2 Å². The van der Waals surface area contributed by atoms with E-state index in [1.807, 2.05) is 0 Å². The Kier molecular flexibility index (Phi) is 7.55. The summed E-state index contributed by atoms with van der Waals surface area (Å²) in [5.74, 6) is 0. The Balaban J connectivity index is 1.11. The van der Waals surface area contributed by atoms with Gasteiger partial charge in [-0.05, 0) is 97.2 Å². The third kappa shape index (κ3) is 5.33. The number of anilines is 3. The summed E-state index contributed by atoms with van der Waals surface area (Å²) in [5.41, 5.74) is 17.3.